The van der Waals surface area contributed by atoms with Gasteiger partial charge in [0.15, 0.2) is 5.25 Å². The predicted octanol–water partition coefficient (Wildman–Crippen LogP) is 3.21. The molecule has 1 unspecified atom stereocenters. The second kappa shape index (κ2) is 32.7. The summed E-state index contributed by atoms with van der Waals surface area (Å²) in [4.78, 5) is 47.2. The molecular weight excluding hydrogens is 610 g/mol. The molecule has 4 radical (unpaired) electrons. The maximum atomic E-state index is 12.8. The summed E-state index contributed by atoms with van der Waals surface area (Å²) < 4.78 is 32.6. The molecule has 0 aromatic carbocycles. The second-order valence-corrected chi connectivity index (χ2v) is 11.5. The molecule has 1 amide bonds. The van der Waals surface area contributed by atoms with Gasteiger partial charge in [0, 0.05) is 125 Å². The minimum Gasteiger partial charge on any atom is -0.481 e. The maximum Gasteiger partial charge on any atom is 0.327 e. The Labute approximate surface area is 340 Å². The quantitative estimate of drug-likeness (QED) is 0.0645. The molecule has 2 atom stereocenters. The third-order valence-corrected chi connectivity index (χ3v) is 7.65. The largest absolute Gasteiger partial charge is 0.481 e. The van der Waals surface area contributed by atoms with E-state index in [0.29, 0.717) is 11.3 Å². The molecule has 0 saturated heterocycles. The molecule has 0 aromatic rings. The first-order valence-electron chi connectivity index (χ1n) is 13.8. The summed E-state index contributed by atoms with van der Waals surface area (Å²) in [5, 5.41) is 25.0. The van der Waals surface area contributed by atoms with Crippen LogP contribution in [0, 0.1) is 0 Å². The number of nitrogens with zero attached hydrogens (tertiary/aromatic N) is 1. The van der Waals surface area contributed by atoms with Crippen LogP contribution in [0.15, 0.2) is 0 Å². The fraction of sp³-hybridized carbons (Fsp3) is 0.846. The SMILES string of the molecule is CCCCCCCCCCCCCCCCCCN(C(=O)C(CC(=O)O)S(=O)(=O)O)[C@@H](CC(=O)O)C(=O)O.[Na].[Na].[Na].[Na]. The Morgan fingerprint density at radius 2 is 0.929 bits per heavy atom. The molecule has 226 valence electrons. The van der Waals surface area contributed by atoms with Crippen LogP contribution in [-0.2, 0) is 29.3 Å². The molecule has 0 heterocycles. The van der Waals surface area contributed by atoms with E-state index in [4.69, 9.17) is 10.2 Å². The molecule has 42 heavy (non-hydrogen) atoms. The van der Waals surface area contributed by atoms with Gasteiger partial charge in [0.1, 0.15) is 6.04 Å². The Hall–Kier alpha value is 1.79. The number of carbonyl (C=O) groups excluding carboxylic acids is 1. The fourth-order valence-corrected chi connectivity index (χ4v) is 5.15. The average Bonchev–Trinajstić information content (AvgIpc) is 2.82. The zero-order valence-electron chi connectivity index (χ0n) is 26.7. The van der Waals surface area contributed by atoms with Crippen LogP contribution in [0.25, 0.3) is 0 Å². The number of rotatable bonds is 25. The molecule has 0 bridgehead atoms. The number of hydrogen-bond donors (Lipinski definition) is 4. The molecule has 0 fully saturated rings. The van der Waals surface area contributed by atoms with E-state index in [1.165, 1.54) is 64.2 Å². The summed E-state index contributed by atoms with van der Waals surface area (Å²) in [6.07, 6.45) is 15.3. The Balaban J connectivity index is -0.00000114. The zero-order chi connectivity index (χ0) is 29.0. The van der Waals surface area contributed by atoms with Gasteiger partial charge in [-0.25, -0.2) is 4.79 Å². The number of carboxylic acids is 3. The van der Waals surface area contributed by atoms with E-state index >= 15 is 0 Å². The predicted molar refractivity (Wildman–Crippen MR) is 166 cm³/mol. The van der Waals surface area contributed by atoms with Crippen molar-refractivity contribution in [1.29, 1.82) is 0 Å². The van der Waals surface area contributed by atoms with E-state index in [0.717, 1.165) is 25.7 Å². The first-order chi connectivity index (χ1) is 17.9. The summed E-state index contributed by atoms with van der Waals surface area (Å²) >= 11 is 0. The first kappa shape index (κ1) is 53.3. The Morgan fingerprint density at radius 3 is 1.21 bits per heavy atom. The molecule has 0 aliphatic heterocycles. The number of carbonyl (C=O) groups is 4. The van der Waals surface area contributed by atoms with E-state index in [9.17, 15) is 37.3 Å². The molecule has 0 aliphatic carbocycles. The van der Waals surface area contributed by atoms with Gasteiger partial charge in [-0.1, -0.05) is 103 Å². The summed E-state index contributed by atoms with van der Waals surface area (Å²) in [6, 6.07) is -1.89. The Bertz CT molecular complexity index is 834. The normalized spacial score (nSPS) is 11.9. The van der Waals surface area contributed by atoms with Crippen molar-refractivity contribution in [3.8, 4) is 0 Å². The van der Waals surface area contributed by atoms with Gasteiger partial charge in [-0.05, 0) is 6.42 Å². The average molecular weight is 658 g/mol. The number of unbranched alkanes of at least 4 members (excludes halogenated alkanes) is 15. The van der Waals surface area contributed by atoms with Crippen LogP contribution < -0.4 is 0 Å². The van der Waals surface area contributed by atoms with E-state index in [2.05, 4.69) is 6.92 Å². The summed E-state index contributed by atoms with van der Waals surface area (Å²) in [7, 11) is -5.17. The number of carboxylic acid groups (broad SMARTS) is 3. The van der Waals surface area contributed by atoms with Crippen LogP contribution in [-0.4, -0.2) is 193 Å². The summed E-state index contributed by atoms with van der Waals surface area (Å²) in [6.45, 7) is 1.95. The van der Waals surface area contributed by atoms with Crippen molar-refractivity contribution in [3.63, 3.8) is 0 Å². The standard InChI is InChI=1S/C26H47NO10S.4Na/c1-2-3-4-5-6-7-8-9-10-11-12-13-14-15-16-17-18-27(21(26(33)34)19-23(28)29)25(32)22(20-24(30)31)38(35,36)37;;;;/h21-22H,2-20H2,1H3,(H,28,29)(H,30,31)(H,33,34)(H,35,36,37);;;;/t21-,22?;;;;/m0..../s1. The summed E-state index contributed by atoms with van der Waals surface area (Å²) in [5.41, 5.74) is 0. The number of amides is 1. The van der Waals surface area contributed by atoms with Gasteiger partial charge >= 0.3 is 17.9 Å². The van der Waals surface area contributed by atoms with Gasteiger partial charge in [-0.15, -0.1) is 0 Å². The van der Waals surface area contributed by atoms with E-state index in [1.54, 1.807) is 0 Å². The smallest absolute Gasteiger partial charge is 0.327 e. The van der Waals surface area contributed by atoms with E-state index in [1.807, 2.05) is 0 Å². The van der Waals surface area contributed by atoms with Crippen LogP contribution >= 0.6 is 0 Å². The second-order valence-electron chi connectivity index (χ2n) is 9.89. The van der Waals surface area contributed by atoms with Gasteiger partial charge in [0.2, 0.25) is 5.91 Å². The molecule has 16 heteroatoms. The number of hydrogen-bond acceptors (Lipinski definition) is 6. The third-order valence-electron chi connectivity index (χ3n) is 6.56. The molecule has 0 rings (SSSR count). The van der Waals surface area contributed by atoms with Crippen molar-refractivity contribution in [2.45, 2.75) is 134 Å². The van der Waals surface area contributed by atoms with Gasteiger partial charge in [-0.2, -0.15) is 8.42 Å². The van der Waals surface area contributed by atoms with Crippen LogP contribution in [0.4, 0.5) is 0 Å². The van der Waals surface area contributed by atoms with Gasteiger partial charge in [-0.3, -0.25) is 18.9 Å². The molecule has 0 saturated carbocycles. The van der Waals surface area contributed by atoms with Crippen molar-refractivity contribution >= 4 is 152 Å². The molecule has 0 aromatic heterocycles. The van der Waals surface area contributed by atoms with E-state index < -0.39 is 58.1 Å². The minimum atomic E-state index is -5.17. The maximum absolute atomic E-state index is 12.8. The van der Waals surface area contributed by atoms with E-state index in [-0.39, 0.29) is 131 Å². The van der Waals surface area contributed by atoms with Gasteiger partial charge < -0.3 is 20.2 Å². The van der Waals surface area contributed by atoms with Crippen LogP contribution in [0.2, 0.25) is 0 Å². The molecule has 0 aliphatic rings. The summed E-state index contributed by atoms with van der Waals surface area (Å²) in [5.74, 6) is -6.32. The van der Waals surface area contributed by atoms with Gasteiger partial charge in [0.25, 0.3) is 10.1 Å². The number of aliphatic carboxylic acids is 3. The van der Waals surface area contributed by atoms with Crippen molar-refractivity contribution in [2.75, 3.05) is 6.54 Å². The molecule has 11 nitrogen and oxygen atoms in total. The third kappa shape index (κ3) is 28.0. The molecule has 4 N–H and O–H groups in total. The van der Waals surface area contributed by atoms with Gasteiger partial charge in [0.05, 0.1) is 12.8 Å². The monoisotopic (exact) mass is 657 g/mol. The molecular formula is C26H47NNa4O10S. The van der Waals surface area contributed by atoms with Crippen molar-refractivity contribution in [2.24, 2.45) is 0 Å². The Kier molecular flexibility index (Phi) is 41.5. The van der Waals surface area contributed by atoms with Crippen molar-refractivity contribution < 1.29 is 47.5 Å². The minimum absolute atomic E-state index is 0. The van der Waals surface area contributed by atoms with Crippen LogP contribution in [0.1, 0.15) is 122 Å². The van der Waals surface area contributed by atoms with Crippen LogP contribution in [0.3, 0.4) is 0 Å². The first-order valence-corrected chi connectivity index (χ1v) is 15.3. The fourth-order valence-electron chi connectivity index (χ4n) is 4.41. The molecule has 0 spiro atoms. The van der Waals surface area contributed by atoms with Crippen LogP contribution in [0.5, 0.6) is 0 Å². The topological polar surface area (TPSA) is 187 Å². The van der Waals surface area contributed by atoms with Crippen molar-refractivity contribution in [1.82, 2.24) is 4.90 Å². The van der Waals surface area contributed by atoms with Crippen molar-refractivity contribution in [3.05, 3.63) is 0 Å². The Morgan fingerprint density at radius 1 is 0.595 bits per heavy atom. The zero-order valence-corrected chi connectivity index (χ0v) is 35.5.